The van der Waals surface area contributed by atoms with Crippen LogP contribution >= 0.6 is 0 Å². The second kappa shape index (κ2) is 13.4. The molecule has 1 amide bonds. The van der Waals surface area contributed by atoms with E-state index in [1.165, 1.54) is 49.9 Å². The first-order chi connectivity index (χ1) is 15.3. The lowest BCUT2D eigenvalue weighted by molar-refractivity contribution is -0.130. The number of hydrogen-bond donors (Lipinski definition) is 2. The van der Waals surface area contributed by atoms with Crippen molar-refractivity contribution in [3.8, 4) is 0 Å². The van der Waals surface area contributed by atoms with E-state index >= 15 is 0 Å². The molecular weight excluding hydrogens is 386 g/mol. The third-order valence-electron chi connectivity index (χ3n) is 6.28. The summed E-state index contributed by atoms with van der Waals surface area (Å²) in [7, 11) is 0. The van der Waals surface area contributed by atoms with Crippen molar-refractivity contribution in [2.24, 2.45) is 4.99 Å². The molecule has 6 heteroatoms. The van der Waals surface area contributed by atoms with Crippen LogP contribution in [0.2, 0.25) is 0 Å². The molecule has 2 heterocycles. The van der Waals surface area contributed by atoms with E-state index in [-0.39, 0.29) is 0 Å². The number of benzene rings is 1. The number of amides is 1. The highest BCUT2D eigenvalue weighted by atomic mass is 16.2. The predicted octanol–water partition coefficient (Wildman–Crippen LogP) is 3.52. The fraction of sp³-hybridized carbons (Fsp3) is 0.680. The predicted molar refractivity (Wildman–Crippen MR) is 128 cm³/mol. The second-order valence-corrected chi connectivity index (χ2v) is 8.77. The number of hydrogen-bond acceptors (Lipinski definition) is 3. The van der Waals surface area contributed by atoms with Crippen molar-refractivity contribution in [2.45, 2.75) is 71.4 Å². The molecule has 0 saturated carbocycles. The Bertz CT molecular complexity index is 699. The average molecular weight is 428 g/mol. The molecule has 1 aromatic rings. The fourth-order valence-electron chi connectivity index (χ4n) is 4.48. The van der Waals surface area contributed by atoms with Crippen molar-refractivity contribution < 1.29 is 4.79 Å². The van der Waals surface area contributed by atoms with Gasteiger partial charge in [-0.3, -0.25) is 9.69 Å². The first-order valence-corrected chi connectivity index (χ1v) is 12.4. The zero-order chi connectivity index (χ0) is 21.7. The standard InChI is InChI=1S/C25H41N5O/c1-2-26-25(27-15-11-19-30-18-10-3-5-14-24(30)31)28-20-22-12-6-7-13-23(22)21-29-16-8-4-9-17-29/h6-7,12-13H,2-5,8-11,14-21H2,1H3,(H2,26,27,28). The number of piperidine rings is 1. The summed E-state index contributed by atoms with van der Waals surface area (Å²) < 4.78 is 0. The van der Waals surface area contributed by atoms with Crippen LogP contribution < -0.4 is 10.6 Å². The van der Waals surface area contributed by atoms with Gasteiger partial charge in [0.15, 0.2) is 5.96 Å². The normalized spacial score (nSPS) is 18.7. The van der Waals surface area contributed by atoms with Gasteiger partial charge in [0.25, 0.3) is 0 Å². The van der Waals surface area contributed by atoms with Gasteiger partial charge in [0.2, 0.25) is 5.91 Å². The minimum atomic E-state index is 0.323. The molecule has 2 saturated heterocycles. The first kappa shape index (κ1) is 23.6. The van der Waals surface area contributed by atoms with Crippen molar-refractivity contribution in [3.05, 3.63) is 35.4 Å². The van der Waals surface area contributed by atoms with Gasteiger partial charge in [-0.25, -0.2) is 4.99 Å². The summed E-state index contributed by atoms with van der Waals surface area (Å²) in [4.78, 5) is 21.6. The molecule has 2 N–H and O–H groups in total. The lowest BCUT2D eigenvalue weighted by Crippen LogP contribution is -2.39. The molecule has 172 valence electrons. The quantitative estimate of drug-likeness (QED) is 0.360. The molecule has 0 radical (unpaired) electrons. The molecule has 2 fully saturated rings. The topological polar surface area (TPSA) is 60.0 Å². The van der Waals surface area contributed by atoms with Gasteiger partial charge in [0.1, 0.15) is 0 Å². The SMILES string of the molecule is CCNC(=NCc1ccccc1CN1CCCCC1)NCCCN1CCCCCC1=O. The number of aliphatic imine (C=N–C) groups is 1. The lowest BCUT2D eigenvalue weighted by Gasteiger charge is -2.27. The number of carbonyl (C=O) groups is 1. The summed E-state index contributed by atoms with van der Waals surface area (Å²) in [5.74, 6) is 1.18. The zero-order valence-electron chi connectivity index (χ0n) is 19.4. The van der Waals surface area contributed by atoms with Crippen LogP contribution in [-0.2, 0) is 17.9 Å². The van der Waals surface area contributed by atoms with Crippen molar-refractivity contribution in [2.75, 3.05) is 39.3 Å². The lowest BCUT2D eigenvalue weighted by atomic mass is 10.1. The van der Waals surface area contributed by atoms with Crippen molar-refractivity contribution in [1.29, 1.82) is 0 Å². The summed E-state index contributed by atoms with van der Waals surface area (Å²) in [5.41, 5.74) is 2.70. The summed E-state index contributed by atoms with van der Waals surface area (Å²) in [6.45, 7) is 9.64. The van der Waals surface area contributed by atoms with Crippen LogP contribution in [0.1, 0.15) is 69.4 Å². The van der Waals surface area contributed by atoms with Gasteiger partial charge in [0.05, 0.1) is 6.54 Å². The number of guanidine groups is 1. The van der Waals surface area contributed by atoms with E-state index in [1.807, 2.05) is 4.90 Å². The summed E-state index contributed by atoms with van der Waals surface area (Å²) in [5, 5.41) is 6.81. The van der Waals surface area contributed by atoms with Crippen LogP contribution in [-0.4, -0.2) is 60.9 Å². The highest BCUT2D eigenvalue weighted by Gasteiger charge is 2.16. The van der Waals surface area contributed by atoms with Crippen LogP contribution in [0.25, 0.3) is 0 Å². The second-order valence-electron chi connectivity index (χ2n) is 8.77. The van der Waals surface area contributed by atoms with Crippen molar-refractivity contribution >= 4 is 11.9 Å². The molecule has 0 bridgehead atoms. The Morgan fingerprint density at radius 2 is 1.71 bits per heavy atom. The van der Waals surface area contributed by atoms with Crippen LogP contribution in [0.4, 0.5) is 0 Å². The fourth-order valence-corrected chi connectivity index (χ4v) is 4.48. The Hall–Kier alpha value is -2.08. The molecule has 0 aliphatic carbocycles. The van der Waals surface area contributed by atoms with Gasteiger partial charge < -0.3 is 15.5 Å². The Morgan fingerprint density at radius 1 is 0.968 bits per heavy atom. The third-order valence-corrected chi connectivity index (χ3v) is 6.28. The van der Waals surface area contributed by atoms with Gasteiger partial charge in [-0.1, -0.05) is 37.1 Å². The van der Waals surface area contributed by atoms with E-state index in [0.29, 0.717) is 18.9 Å². The number of rotatable bonds is 9. The maximum Gasteiger partial charge on any atom is 0.222 e. The number of nitrogens with zero attached hydrogens (tertiary/aromatic N) is 3. The molecule has 31 heavy (non-hydrogen) atoms. The molecule has 3 rings (SSSR count). The van der Waals surface area contributed by atoms with Gasteiger partial charge >= 0.3 is 0 Å². The van der Waals surface area contributed by atoms with E-state index in [1.54, 1.807) is 0 Å². The third kappa shape index (κ3) is 8.17. The van der Waals surface area contributed by atoms with E-state index in [9.17, 15) is 4.79 Å². The molecule has 0 unspecified atom stereocenters. The van der Waals surface area contributed by atoms with Gasteiger partial charge in [-0.2, -0.15) is 0 Å². The van der Waals surface area contributed by atoms with E-state index in [0.717, 1.165) is 57.9 Å². The Labute approximate surface area is 188 Å². The first-order valence-electron chi connectivity index (χ1n) is 12.4. The monoisotopic (exact) mass is 427 g/mol. The Kier molecular flexibility index (Phi) is 10.2. The molecular formula is C25H41N5O. The van der Waals surface area contributed by atoms with Crippen LogP contribution in [0.3, 0.4) is 0 Å². The molecule has 0 spiro atoms. The minimum Gasteiger partial charge on any atom is -0.357 e. The molecule has 0 atom stereocenters. The van der Waals surface area contributed by atoms with Crippen LogP contribution in [0.5, 0.6) is 0 Å². The van der Waals surface area contributed by atoms with Crippen LogP contribution in [0, 0.1) is 0 Å². The average Bonchev–Trinajstić information content (AvgIpc) is 3.00. The van der Waals surface area contributed by atoms with E-state index in [2.05, 4.69) is 46.7 Å². The summed E-state index contributed by atoms with van der Waals surface area (Å²) in [6, 6.07) is 8.71. The molecule has 2 aliphatic rings. The Balaban J connectivity index is 1.49. The maximum atomic E-state index is 12.1. The highest BCUT2D eigenvalue weighted by Crippen LogP contribution is 2.17. The van der Waals surface area contributed by atoms with Gasteiger partial charge in [-0.05, 0) is 63.2 Å². The number of likely N-dealkylation sites (tertiary alicyclic amines) is 2. The number of carbonyl (C=O) groups excluding carboxylic acids is 1. The van der Waals surface area contributed by atoms with Gasteiger partial charge in [-0.15, -0.1) is 0 Å². The molecule has 0 aromatic heterocycles. The van der Waals surface area contributed by atoms with E-state index in [4.69, 9.17) is 4.99 Å². The van der Waals surface area contributed by atoms with Crippen LogP contribution in [0.15, 0.2) is 29.3 Å². The smallest absolute Gasteiger partial charge is 0.222 e. The summed E-state index contributed by atoms with van der Waals surface area (Å²) in [6.07, 6.45) is 9.03. The van der Waals surface area contributed by atoms with Crippen molar-refractivity contribution in [1.82, 2.24) is 20.4 Å². The Morgan fingerprint density at radius 3 is 2.52 bits per heavy atom. The largest absolute Gasteiger partial charge is 0.357 e. The number of nitrogens with one attached hydrogen (secondary N) is 2. The minimum absolute atomic E-state index is 0.323. The highest BCUT2D eigenvalue weighted by molar-refractivity contribution is 5.79. The maximum absolute atomic E-state index is 12.1. The summed E-state index contributed by atoms with van der Waals surface area (Å²) >= 11 is 0. The van der Waals surface area contributed by atoms with Crippen molar-refractivity contribution in [3.63, 3.8) is 0 Å². The zero-order valence-corrected chi connectivity index (χ0v) is 19.4. The molecule has 6 nitrogen and oxygen atoms in total. The van der Waals surface area contributed by atoms with E-state index < -0.39 is 0 Å². The molecule has 2 aliphatic heterocycles. The van der Waals surface area contributed by atoms with Gasteiger partial charge in [0, 0.05) is 39.1 Å². The molecule has 1 aromatic carbocycles.